The number of benzene rings is 3. The Hall–Kier alpha value is -3.52. The number of hydrogen-bond acceptors (Lipinski definition) is 5. The van der Waals surface area contributed by atoms with Gasteiger partial charge in [-0.25, -0.2) is 9.00 Å². The van der Waals surface area contributed by atoms with Gasteiger partial charge in [0.05, 0.1) is 33.1 Å². The van der Waals surface area contributed by atoms with Crippen LogP contribution < -0.4 is 4.90 Å². The van der Waals surface area contributed by atoms with E-state index in [0.717, 1.165) is 17.9 Å². The molecular weight excluding hydrogens is 543 g/mol. The van der Waals surface area contributed by atoms with Crippen LogP contribution in [0.4, 0.5) is 11.4 Å². The van der Waals surface area contributed by atoms with Crippen molar-refractivity contribution in [3.63, 3.8) is 0 Å². The lowest BCUT2D eigenvalue weighted by Gasteiger charge is -2.25. The number of halogens is 2. The van der Waals surface area contributed by atoms with Gasteiger partial charge < -0.3 is 10.0 Å². The number of aromatic carboxylic acids is 1. The van der Waals surface area contributed by atoms with Crippen LogP contribution in [0.5, 0.6) is 0 Å². The van der Waals surface area contributed by atoms with Gasteiger partial charge in [-0.2, -0.15) is 0 Å². The highest BCUT2D eigenvalue weighted by atomic mass is 35.5. The Bertz CT molecular complexity index is 1540. The summed E-state index contributed by atoms with van der Waals surface area (Å²) < 4.78 is 13.1. The minimum absolute atomic E-state index is 0.0818. The van der Waals surface area contributed by atoms with E-state index < -0.39 is 22.6 Å². The number of ketones is 1. The molecule has 0 spiro atoms. The Morgan fingerprint density at radius 2 is 1.66 bits per heavy atom. The van der Waals surface area contributed by atoms with Crippen molar-refractivity contribution in [3.05, 3.63) is 112 Å². The molecule has 192 valence electrons. The number of pyridine rings is 1. The van der Waals surface area contributed by atoms with E-state index in [2.05, 4.69) is 9.88 Å². The summed E-state index contributed by atoms with van der Waals surface area (Å²) in [7, 11) is -1.79. The number of anilines is 2. The molecule has 0 saturated heterocycles. The van der Waals surface area contributed by atoms with E-state index in [0.29, 0.717) is 20.9 Å². The molecule has 1 fully saturated rings. The summed E-state index contributed by atoms with van der Waals surface area (Å²) >= 11 is 12.1. The third kappa shape index (κ3) is 5.80. The predicted molar refractivity (Wildman–Crippen MR) is 148 cm³/mol. The SMILES string of the molecule is O=C(c1ccc(S(=O)c2cccc(Cl)c2)c(C(=O)O)c1)c1ccc(N(CC2CC2)c2ccc(Cl)cc2)cn1. The van der Waals surface area contributed by atoms with Crippen LogP contribution in [0.25, 0.3) is 0 Å². The first-order valence-electron chi connectivity index (χ1n) is 11.9. The summed E-state index contributed by atoms with van der Waals surface area (Å²) in [6.45, 7) is 0.837. The predicted octanol–water partition coefficient (Wildman–Crippen LogP) is 7.03. The molecule has 6 nitrogen and oxygen atoms in total. The van der Waals surface area contributed by atoms with Crippen LogP contribution in [-0.2, 0) is 10.8 Å². The van der Waals surface area contributed by atoms with Crippen LogP contribution in [0.2, 0.25) is 10.0 Å². The molecular formula is C29H22Cl2N2O4S. The van der Waals surface area contributed by atoms with Gasteiger partial charge in [0.15, 0.2) is 0 Å². The Morgan fingerprint density at radius 1 is 0.921 bits per heavy atom. The number of aromatic nitrogens is 1. The third-order valence-corrected chi connectivity index (χ3v) is 8.17. The molecule has 0 aliphatic heterocycles. The molecule has 1 unspecified atom stereocenters. The van der Waals surface area contributed by atoms with Gasteiger partial charge in [-0.05, 0) is 91.6 Å². The first-order valence-corrected chi connectivity index (χ1v) is 13.8. The number of carbonyl (C=O) groups excluding carboxylic acids is 1. The molecule has 1 atom stereocenters. The lowest BCUT2D eigenvalue weighted by atomic mass is 10.0. The maximum atomic E-state index is 13.2. The normalized spacial score (nSPS) is 13.6. The van der Waals surface area contributed by atoms with Crippen LogP contribution in [0.3, 0.4) is 0 Å². The van der Waals surface area contributed by atoms with Gasteiger partial charge in [-0.3, -0.25) is 9.78 Å². The van der Waals surface area contributed by atoms with Crippen LogP contribution in [0.1, 0.15) is 39.3 Å². The van der Waals surface area contributed by atoms with Gasteiger partial charge in [0.1, 0.15) is 5.69 Å². The van der Waals surface area contributed by atoms with Gasteiger partial charge in [0, 0.05) is 32.7 Å². The second kappa shape index (κ2) is 11.1. The molecule has 0 radical (unpaired) electrons. The van der Waals surface area contributed by atoms with Crippen molar-refractivity contribution in [2.75, 3.05) is 11.4 Å². The quantitative estimate of drug-likeness (QED) is 0.219. The summed E-state index contributed by atoms with van der Waals surface area (Å²) in [5, 5.41) is 10.8. The van der Waals surface area contributed by atoms with Crippen molar-refractivity contribution in [1.82, 2.24) is 4.98 Å². The molecule has 3 aromatic carbocycles. The number of carboxylic acid groups (broad SMARTS) is 1. The zero-order valence-electron chi connectivity index (χ0n) is 20.0. The first kappa shape index (κ1) is 26.1. The summed E-state index contributed by atoms with van der Waals surface area (Å²) in [4.78, 5) is 32.2. The molecule has 1 aliphatic rings. The fraction of sp³-hybridized carbons (Fsp3) is 0.138. The van der Waals surface area contributed by atoms with E-state index >= 15 is 0 Å². The molecule has 1 saturated carbocycles. The Labute approximate surface area is 232 Å². The third-order valence-electron chi connectivity index (χ3n) is 6.25. The van der Waals surface area contributed by atoms with Crippen LogP contribution >= 0.6 is 23.2 Å². The molecule has 5 rings (SSSR count). The highest BCUT2D eigenvalue weighted by molar-refractivity contribution is 7.85. The second-order valence-electron chi connectivity index (χ2n) is 9.00. The molecule has 9 heteroatoms. The molecule has 0 amide bonds. The van der Waals surface area contributed by atoms with E-state index in [1.54, 1.807) is 30.5 Å². The zero-order valence-corrected chi connectivity index (χ0v) is 22.3. The van der Waals surface area contributed by atoms with Gasteiger partial charge in [-0.1, -0.05) is 29.3 Å². The van der Waals surface area contributed by atoms with E-state index in [9.17, 15) is 18.9 Å². The van der Waals surface area contributed by atoms with Crippen molar-refractivity contribution < 1.29 is 18.9 Å². The fourth-order valence-electron chi connectivity index (χ4n) is 4.08. The van der Waals surface area contributed by atoms with Crippen molar-refractivity contribution in [2.24, 2.45) is 5.92 Å². The molecule has 1 N–H and O–H groups in total. The number of carbonyl (C=O) groups is 2. The minimum atomic E-state index is -1.79. The molecule has 0 bridgehead atoms. The Balaban J connectivity index is 1.41. The zero-order chi connectivity index (χ0) is 26.8. The van der Waals surface area contributed by atoms with Crippen molar-refractivity contribution in [1.29, 1.82) is 0 Å². The summed E-state index contributed by atoms with van der Waals surface area (Å²) in [6.07, 6.45) is 4.00. The number of carboxylic acids is 1. The van der Waals surface area contributed by atoms with E-state index in [-0.39, 0.29) is 21.7 Å². The lowest BCUT2D eigenvalue weighted by Crippen LogP contribution is -2.20. The van der Waals surface area contributed by atoms with Crippen LogP contribution in [0.15, 0.2) is 94.9 Å². The maximum absolute atomic E-state index is 13.2. The highest BCUT2D eigenvalue weighted by Crippen LogP contribution is 2.35. The Morgan fingerprint density at radius 3 is 2.29 bits per heavy atom. The number of nitrogens with zero attached hydrogens (tertiary/aromatic N) is 2. The summed E-state index contributed by atoms with van der Waals surface area (Å²) in [5.41, 5.74) is 1.92. The molecule has 1 aromatic heterocycles. The van der Waals surface area contributed by atoms with Gasteiger partial charge in [-0.15, -0.1) is 0 Å². The topological polar surface area (TPSA) is 87.6 Å². The minimum Gasteiger partial charge on any atom is -0.478 e. The standard InChI is InChI=1S/C29H22Cl2N2O4S/c30-20-7-9-22(10-8-20)33(17-18-4-5-18)23-11-12-26(32-16-23)28(34)19-6-13-27(25(14-19)29(35)36)38(37)24-3-1-2-21(31)15-24/h1-3,6-16,18H,4-5,17H2,(H,35,36). The average molecular weight is 565 g/mol. The lowest BCUT2D eigenvalue weighted by molar-refractivity contribution is 0.0693. The van der Waals surface area contributed by atoms with Crippen molar-refractivity contribution in [3.8, 4) is 0 Å². The number of hydrogen-bond donors (Lipinski definition) is 1. The van der Waals surface area contributed by atoms with Gasteiger partial charge >= 0.3 is 5.97 Å². The second-order valence-corrected chi connectivity index (χ2v) is 11.3. The highest BCUT2D eigenvalue weighted by Gasteiger charge is 2.26. The van der Waals surface area contributed by atoms with Crippen molar-refractivity contribution in [2.45, 2.75) is 22.6 Å². The molecule has 4 aromatic rings. The van der Waals surface area contributed by atoms with E-state index in [1.807, 2.05) is 30.3 Å². The van der Waals surface area contributed by atoms with Crippen LogP contribution in [0, 0.1) is 5.92 Å². The fourth-order valence-corrected chi connectivity index (χ4v) is 5.69. The van der Waals surface area contributed by atoms with Gasteiger partial charge in [0.25, 0.3) is 0 Å². The first-order chi connectivity index (χ1) is 18.3. The molecule has 38 heavy (non-hydrogen) atoms. The van der Waals surface area contributed by atoms with E-state index in [4.69, 9.17) is 23.2 Å². The monoisotopic (exact) mass is 564 g/mol. The number of rotatable bonds is 9. The summed E-state index contributed by atoms with van der Waals surface area (Å²) in [5.74, 6) is -1.11. The van der Waals surface area contributed by atoms with E-state index in [1.165, 1.54) is 37.1 Å². The smallest absolute Gasteiger partial charge is 0.336 e. The maximum Gasteiger partial charge on any atom is 0.336 e. The molecule has 1 heterocycles. The molecule has 1 aliphatic carbocycles. The van der Waals surface area contributed by atoms with Crippen LogP contribution in [-0.4, -0.2) is 32.6 Å². The van der Waals surface area contributed by atoms with Crippen molar-refractivity contribution >= 4 is 57.1 Å². The summed E-state index contributed by atoms with van der Waals surface area (Å²) in [6, 6.07) is 21.6. The van der Waals surface area contributed by atoms with Gasteiger partial charge in [0.2, 0.25) is 5.78 Å². The Kier molecular flexibility index (Phi) is 7.61. The average Bonchev–Trinajstić information content (AvgIpc) is 3.76. The largest absolute Gasteiger partial charge is 0.478 e.